The predicted octanol–water partition coefficient (Wildman–Crippen LogP) is 4.39. The lowest BCUT2D eigenvalue weighted by Crippen LogP contribution is -2.35. The molecule has 0 aromatic carbocycles. The van der Waals surface area contributed by atoms with E-state index in [0.29, 0.717) is 12.2 Å². The summed E-state index contributed by atoms with van der Waals surface area (Å²) in [5.74, 6) is 1.63. The van der Waals surface area contributed by atoms with Gasteiger partial charge in [0.05, 0.1) is 12.2 Å². The third-order valence-electron chi connectivity index (χ3n) is 4.23. The molecule has 1 saturated carbocycles. The van der Waals surface area contributed by atoms with Gasteiger partial charge >= 0.3 is 0 Å². The van der Waals surface area contributed by atoms with Crippen molar-refractivity contribution in [3.63, 3.8) is 0 Å². The monoisotopic (exact) mass is 269 g/mol. The SMILES string of the molecule is CCCC(CNCC(C)C)OC1CCCC(CC)C1. The van der Waals surface area contributed by atoms with E-state index in [1.807, 2.05) is 0 Å². The van der Waals surface area contributed by atoms with E-state index in [1.54, 1.807) is 0 Å². The number of hydrogen-bond acceptors (Lipinski definition) is 2. The largest absolute Gasteiger partial charge is 0.374 e. The summed E-state index contributed by atoms with van der Waals surface area (Å²) >= 11 is 0. The Bertz CT molecular complexity index is 217. The van der Waals surface area contributed by atoms with Crippen LogP contribution in [-0.4, -0.2) is 25.3 Å². The highest BCUT2D eigenvalue weighted by atomic mass is 16.5. The van der Waals surface area contributed by atoms with Crippen molar-refractivity contribution in [3.05, 3.63) is 0 Å². The quantitative estimate of drug-likeness (QED) is 0.670. The maximum Gasteiger partial charge on any atom is 0.0703 e. The van der Waals surface area contributed by atoms with Crippen molar-refractivity contribution in [2.75, 3.05) is 13.1 Å². The molecule has 0 amide bonds. The number of ether oxygens (including phenoxy) is 1. The highest BCUT2D eigenvalue weighted by molar-refractivity contribution is 4.75. The van der Waals surface area contributed by atoms with E-state index in [-0.39, 0.29) is 0 Å². The zero-order valence-electron chi connectivity index (χ0n) is 13.6. The molecule has 2 nitrogen and oxygen atoms in total. The van der Waals surface area contributed by atoms with Crippen LogP contribution < -0.4 is 5.32 Å². The number of rotatable bonds is 9. The molecule has 0 radical (unpaired) electrons. The molecule has 1 rings (SSSR count). The van der Waals surface area contributed by atoms with Crippen molar-refractivity contribution in [1.29, 1.82) is 0 Å². The molecule has 1 aliphatic carbocycles. The van der Waals surface area contributed by atoms with Gasteiger partial charge in [-0.3, -0.25) is 0 Å². The van der Waals surface area contributed by atoms with E-state index in [9.17, 15) is 0 Å². The Morgan fingerprint density at radius 1 is 1.16 bits per heavy atom. The third-order valence-corrected chi connectivity index (χ3v) is 4.23. The topological polar surface area (TPSA) is 21.3 Å². The summed E-state index contributed by atoms with van der Waals surface area (Å²) in [6, 6.07) is 0. The van der Waals surface area contributed by atoms with Crippen LogP contribution in [0.2, 0.25) is 0 Å². The molecule has 0 aromatic rings. The first-order valence-corrected chi connectivity index (χ1v) is 8.51. The second-order valence-corrected chi connectivity index (χ2v) is 6.66. The number of nitrogens with one attached hydrogen (secondary N) is 1. The van der Waals surface area contributed by atoms with E-state index < -0.39 is 0 Å². The predicted molar refractivity (Wildman–Crippen MR) is 83.5 cm³/mol. The van der Waals surface area contributed by atoms with Crippen LogP contribution >= 0.6 is 0 Å². The summed E-state index contributed by atoms with van der Waals surface area (Å²) in [5.41, 5.74) is 0. The van der Waals surface area contributed by atoms with Crippen molar-refractivity contribution in [2.45, 2.75) is 84.8 Å². The van der Waals surface area contributed by atoms with Gasteiger partial charge in [0.25, 0.3) is 0 Å². The second kappa shape index (κ2) is 9.77. The van der Waals surface area contributed by atoms with Crippen LogP contribution in [-0.2, 0) is 4.74 Å². The average Bonchev–Trinajstić information content (AvgIpc) is 2.38. The third kappa shape index (κ3) is 7.31. The standard InChI is InChI=1S/C17H35NO/c1-5-8-17(13-18-12-14(3)4)19-16-10-7-9-15(6-2)11-16/h14-18H,5-13H2,1-4H3. The first kappa shape index (κ1) is 17.0. The average molecular weight is 269 g/mol. The van der Waals surface area contributed by atoms with Crippen LogP contribution in [0.1, 0.15) is 72.6 Å². The van der Waals surface area contributed by atoms with Crippen molar-refractivity contribution >= 4 is 0 Å². The van der Waals surface area contributed by atoms with Crippen LogP contribution in [0.3, 0.4) is 0 Å². The maximum atomic E-state index is 6.38. The highest BCUT2D eigenvalue weighted by Gasteiger charge is 2.23. The molecule has 0 bridgehead atoms. The van der Waals surface area contributed by atoms with Gasteiger partial charge in [0, 0.05) is 6.54 Å². The second-order valence-electron chi connectivity index (χ2n) is 6.66. The molecule has 1 aliphatic rings. The van der Waals surface area contributed by atoms with Crippen LogP contribution in [0.15, 0.2) is 0 Å². The minimum absolute atomic E-state index is 0.421. The molecule has 2 heteroatoms. The summed E-state index contributed by atoms with van der Waals surface area (Å²) in [5, 5.41) is 3.56. The molecule has 1 N–H and O–H groups in total. The zero-order valence-corrected chi connectivity index (χ0v) is 13.6. The van der Waals surface area contributed by atoms with Crippen molar-refractivity contribution < 1.29 is 4.74 Å². The van der Waals surface area contributed by atoms with Crippen LogP contribution in [0.5, 0.6) is 0 Å². The highest BCUT2D eigenvalue weighted by Crippen LogP contribution is 2.29. The molecule has 0 spiro atoms. The Kier molecular flexibility index (Phi) is 8.72. The lowest BCUT2D eigenvalue weighted by molar-refractivity contribution is -0.0432. The van der Waals surface area contributed by atoms with E-state index in [2.05, 4.69) is 33.0 Å². The summed E-state index contributed by atoms with van der Waals surface area (Å²) in [4.78, 5) is 0. The van der Waals surface area contributed by atoms with E-state index in [1.165, 1.54) is 44.9 Å². The minimum Gasteiger partial charge on any atom is -0.374 e. The fourth-order valence-electron chi connectivity index (χ4n) is 3.08. The van der Waals surface area contributed by atoms with Gasteiger partial charge in [-0.2, -0.15) is 0 Å². The molecule has 3 atom stereocenters. The zero-order chi connectivity index (χ0) is 14.1. The molecule has 114 valence electrons. The van der Waals surface area contributed by atoms with Gasteiger partial charge in [0.15, 0.2) is 0 Å². The summed E-state index contributed by atoms with van der Waals surface area (Å²) in [6.07, 6.45) is 10.0. The Labute approximate surface area is 120 Å². The molecule has 19 heavy (non-hydrogen) atoms. The van der Waals surface area contributed by atoms with Crippen LogP contribution in [0.25, 0.3) is 0 Å². The van der Waals surface area contributed by atoms with Crippen molar-refractivity contribution in [1.82, 2.24) is 5.32 Å². The van der Waals surface area contributed by atoms with Gasteiger partial charge < -0.3 is 10.1 Å². The van der Waals surface area contributed by atoms with Gasteiger partial charge in [-0.25, -0.2) is 0 Å². The molecule has 0 aromatic heterocycles. The maximum absolute atomic E-state index is 6.38. The smallest absolute Gasteiger partial charge is 0.0703 e. The van der Waals surface area contributed by atoms with Crippen molar-refractivity contribution in [2.24, 2.45) is 11.8 Å². The Morgan fingerprint density at radius 3 is 2.58 bits per heavy atom. The number of hydrogen-bond donors (Lipinski definition) is 1. The summed E-state index contributed by atoms with van der Waals surface area (Å²) in [6.45, 7) is 11.2. The van der Waals surface area contributed by atoms with Gasteiger partial charge in [-0.05, 0) is 37.6 Å². The van der Waals surface area contributed by atoms with Gasteiger partial charge in [-0.1, -0.05) is 53.4 Å². The Balaban J connectivity index is 2.30. The fourth-order valence-corrected chi connectivity index (χ4v) is 3.08. The lowest BCUT2D eigenvalue weighted by atomic mass is 9.85. The molecular formula is C17H35NO. The van der Waals surface area contributed by atoms with E-state index >= 15 is 0 Å². The van der Waals surface area contributed by atoms with Gasteiger partial charge in [0.1, 0.15) is 0 Å². The molecule has 0 saturated heterocycles. The Hall–Kier alpha value is -0.0800. The first-order chi connectivity index (χ1) is 9.15. The van der Waals surface area contributed by atoms with Crippen LogP contribution in [0.4, 0.5) is 0 Å². The molecular weight excluding hydrogens is 234 g/mol. The normalized spacial score (nSPS) is 25.7. The first-order valence-electron chi connectivity index (χ1n) is 8.51. The van der Waals surface area contributed by atoms with E-state index in [0.717, 1.165) is 24.9 Å². The lowest BCUT2D eigenvalue weighted by Gasteiger charge is -2.32. The van der Waals surface area contributed by atoms with Crippen LogP contribution in [0, 0.1) is 11.8 Å². The van der Waals surface area contributed by atoms with Gasteiger partial charge in [-0.15, -0.1) is 0 Å². The molecule has 3 unspecified atom stereocenters. The van der Waals surface area contributed by atoms with Gasteiger partial charge in [0.2, 0.25) is 0 Å². The molecule has 0 aliphatic heterocycles. The fraction of sp³-hybridized carbons (Fsp3) is 1.00. The minimum atomic E-state index is 0.421. The van der Waals surface area contributed by atoms with Crippen molar-refractivity contribution in [3.8, 4) is 0 Å². The summed E-state index contributed by atoms with van der Waals surface area (Å²) < 4.78 is 6.38. The Morgan fingerprint density at radius 2 is 1.95 bits per heavy atom. The summed E-state index contributed by atoms with van der Waals surface area (Å²) in [7, 11) is 0. The van der Waals surface area contributed by atoms with E-state index in [4.69, 9.17) is 4.74 Å². The molecule has 1 fully saturated rings. The molecule has 0 heterocycles.